The molecule has 0 fully saturated rings. The van der Waals surface area contributed by atoms with Crippen LogP contribution in [0.5, 0.6) is 11.5 Å². The Morgan fingerprint density at radius 3 is 2.38 bits per heavy atom. The summed E-state index contributed by atoms with van der Waals surface area (Å²) in [5, 5.41) is 1.07. The van der Waals surface area contributed by atoms with Gasteiger partial charge in [-0.25, -0.2) is 9.97 Å². The van der Waals surface area contributed by atoms with Crippen molar-refractivity contribution in [1.29, 1.82) is 0 Å². The fourth-order valence-corrected chi connectivity index (χ4v) is 2.35. The zero-order valence-corrected chi connectivity index (χ0v) is 12.4. The molecule has 1 heterocycles. The maximum atomic E-state index is 6.31. The third-order valence-electron chi connectivity index (χ3n) is 3.18. The van der Waals surface area contributed by atoms with Gasteiger partial charge >= 0.3 is 0 Å². The Morgan fingerprint density at radius 2 is 1.71 bits per heavy atom. The summed E-state index contributed by atoms with van der Waals surface area (Å²) in [5.74, 6) is 1.82. The Kier molecular flexibility index (Phi) is 3.62. The molecule has 106 valence electrons. The minimum Gasteiger partial charge on any atom is -0.497 e. The van der Waals surface area contributed by atoms with Crippen molar-refractivity contribution in [2.75, 3.05) is 14.2 Å². The lowest BCUT2D eigenvalue weighted by atomic mass is 10.2. The molecule has 21 heavy (non-hydrogen) atoms. The number of aromatic nitrogens is 2. The molecule has 3 aromatic rings. The molecule has 0 radical (unpaired) electrons. The monoisotopic (exact) mass is 300 g/mol. The molecule has 0 saturated carbocycles. The van der Waals surface area contributed by atoms with Gasteiger partial charge in [0.2, 0.25) is 0 Å². The minimum atomic E-state index is 0.371. The summed E-state index contributed by atoms with van der Waals surface area (Å²) in [6.07, 6.45) is 0. The lowest BCUT2D eigenvalue weighted by Gasteiger charge is -2.10. The molecule has 0 amide bonds. The summed E-state index contributed by atoms with van der Waals surface area (Å²) in [6, 6.07) is 13.3. The molecule has 0 N–H and O–H groups in total. The SMILES string of the molecule is COc1cc(OC)c2nc(-c3ccccc3)nc(Cl)c2c1. The molecule has 0 aliphatic rings. The van der Waals surface area contributed by atoms with Crippen LogP contribution in [0.1, 0.15) is 0 Å². The number of rotatable bonds is 3. The third-order valence-corrected chi connectivity index (χ3v) is 3.47. The van der Waals surface area contributed by atoms with Gasteiger partial charge in [-0.05, 0) is 6.07 Å². The van der Waals surface area contributed by atoms with Crippen molar-refractivity contribution in [3.63, 3.8) is 0 Å². The average molecular weight is 301 g/mol. The minimum absolute atomic E-state index is 0.371. The Balaban J connectivity index is 2.28. The number of halogens is 1. The maximum Gasteiger partial charge on any atom is 0.161 e. The zero-order chi connectivity index (χ0) is 14.8. The largest absolute Gasteiger partial charge is 0.497 e. The highest BCUT2D eigenvalue weighted by Gasteiger charge is 2.13. The summed E-state index contributed by atoms with van der Waals surface area (Å²) in [5.41, 5.74) is 1.57. The van der Waals surface area contributed by atoms with Crippen molar-refractivity contribution >= 4 is 22.5 Å². The van der Waals surface area contributed by atoms with Crippen molar-refractivity contribution < 1.29 is 9.47 Å². The van der Waals surface area contributed by atoms with Crippen LogP contribution in [-0.2, 0) is 0 Å². The Labute approximate surface area is 127 Å². The van der Waals surface area contributed by atoms with Gasteiger partial charge < -0.3 is 9.47 Å². The van der Waals surface area contributed by atoms with E-state index in [2.05, 4.69) is 9.97 Å². The number of hydrogen-bond acceptors (Lipinski definition) is 4. The van der Waals surface area contributed by atoms with Crippen LogP contribution in [-0.4, -0.2) is 24.2 Å². The first-order valence-electron chi connectivity index (χ1n) is 6.37. The van der Waals surface area contributed by atoms with Gasteiger partial charge in [0.1, 0.15) is 22.2 Å². The standard InChI is InChI=1S/C16H13ClN2O2/c1-20-11-8-12-14(13(9-11)21-2)18-16(19-15(12)17)10-6-4-3-5-7-10/h3-9H,1-2H3. The average Bonchev–Trinajstić information content (AvgIpc) is 2.54. The van der Waals surface area contributed by atoms with Crippen LogP contribution in [0.3, 0.4) is 0 Å². The van der Waals surface area contributed by atoms with Crippen LogP contribution >= 0.6 is 11.6 Å². The van der Waals surface area contributed by atoms with E-state index < -0.39 is 0 Å². The molecule has 0 bridgehead atoms. The quantitative estimate of drug-likeness (QED) is 0.687. The maximum absolute atomic E-state index is 6.31. The normalized spacial score (nSPS) is 10.6. The highest BCUT2D eigenvalue weighted by molar-refractivity contribution is 6.34. The van der Waals surface area contributed by atoms with Gasteiger partial charge in [0.15, 0.2) is 5.82 Å². The molecular weight excluding hydrogens is 288 g/mol. The number of fused-ring (bicyclic) bond motifs is 1. The first kappa shape index (κ1) is 13.6. The van der Waals surface area contributed by atoms with Gasteiger partial charge in [0.25, 0.3) is 0 Å². The van der Waals surface area contributed by atoms with Gasteiger partial charge in [0, 0.05) is 17.0 Å². The van der Waals surface area contributed by atoms with Crippen molar-refractivity contribution in [2.45, 2.75) is 0 Å². The molecule has 0 spiro atoms. The van der Waals surface area contributed by atoms with Crippen LogP contribution in [0.15, 0.2) is 42.5 Å². The predicted molar refractivity (Wildman–Crippen MR) is 83.1 cm³/mol. The van der Waals surface area contributed by atoms with E-state index >= 15 is 0 Å². The molecule has 3 rings (SSSR count). The van der Waals surface area contributed by atoms with E-state index in [4.69, 9.17) is 21.1 Å². The summed E-state index contributed by atoms with van der Waals surface area (Å²) in [6.45, 7) is 0. The molecule has 2 aromatic carbocycles. The van der Waals surface area contributed by atoms with E-state index in [9.17, 15) is 0 Å². The fourth-order valence-electron chi connectivity index (χ4n) is 2.13. The molecule has 0 aliphatic heterocycles. The number of methoxy groups -OCH3 is 2. The van der Waals surface area contributed by atoms with E-state index in [0.29, 0.717) is 33.4 Å². The lowest BCUT2D eigenvalue weighted by molar-refractivity contribution is 0.397. The second kappa shape index (κ2) is 5.58. The number of nitrogens with zero attached hydrogens (tertiary/aromatic N) is 2. The molecular formula is C16H13ClN2O2. The van der Waals surface area contributed by atoms with E-state index in [0.717, 1.165) is 5.56 Å². The molecule has 4 nitrogen and oxygen atoms in total. The van der Waals surface area contributed by atoms with Gasteiger partial charge in [-0.1, -0.05) is 41.9 Å². The number of hydrogen-bond donors (Lipinski definition) is 0. The first-order valence-corrected chi connectivity index (χ1v) is 6.75. The highest BCUT2D eigenvalue weighted by Crippen LogP contribution is 2.34. The lowest BCUT2D eigenvalue weighted by Crippen LogP contribution is -1.96. The molecule has 0 aliphatic carbocycles. The Hall–Kier alpha value is -2.33. The van der Waals surface area contributed by atoms with Crippen molar-refractivity contribution in [2.24, 2.45) is 0 Å². The summed E-state index contributed by atoms with van der Waals surface area (Å²) in [7, 11) is 3.18. The predicted octanol–water partition coefficient (Wildman–Crippen LogP) is 3.97. The van der Waals surface area contributed by atoms with Crippen LogP contribution < -0.4 is 9.47 Å². The smallest absolute Gasteiger partial charge is 0.161 e. The summed E-state index contributed by atoms with van der Waals surface area (Å²) in [4.78, 5) is 8.94. The zero-order valence-electron chi connectivity index (χ0n) is 11.6. The third kappa shape index (κ3) is 2.50. The van der Waals surface area contributed by atoms with Crippen molar-refractivity contribution in [3.05, 3.63) is 47.6 Å². The van der Waals surface area contributed by atoms with Gasteiger partial charge in [-0.3, -0.25) is 0 Å². The van der Waals surface area contributed by atoms with Gasteiger partial charge in [0.05, 0.1) is 14.2 Å². The van der Waals surface area contributed by atoms with Crippen molar-refractivity contribution in [1.82, 2.24) is 9.97 Å². The van der Waals surface area contributed by atoms with Crippen LogP contribution in [0, 0.1) is 0 Å². The fraction of sp³-hybridized carbons (Fsp3) is 0.125. The number of ether oxygens (including phenoxy) is 2. The van der Waals surface area contributed by atoms with E-state index in [1.807, 2.05) is 30.3 Å². The van der Waals surface area contributed by atoms with E-state index in [1.54, 1.807) is 26.4 Å². The topological polar surface area (TPSA) is 44.2 Å². The van der Waals surface area contributed by atoms with E-state index in [-0.39, 0.29) is 0 Å². The van der Waals surface area contributed by atoms with Gasteiger partial charge in [-0.2, -0.15) is 0 Å². The first-order chi connectivity index (χ1) is 10.2. The summed E-state index contributed by atoms with van der Waals surface area (Å²) < 4.78 is 10.6. The van der Waals surface area contributed by atoms with Crippen LogP contribution in [0.4, 0.5) is 0 Å². The molecule has 5 heteroatoms. The second-order valence-corrected chi connectivity index (χ2v) is 4.79. The Morgan fingerprint density at radius 1 is 0.952 bits per heavy atom. The second-order valence-electron chi connectivity index (χ2n) is 4.43. The molecule has 0 unspecified atom stereocenters. The van der Waals surface area contributed by atoms with Crippen molar-refractivity contribution in [3.8, 4) is 22.9 Å². The van der Waals surface area contributed by atoms with E-state index in [1.165, 1.54) is 0 Å². The number of benzene rings is 2. The van der Waals surface area contributed by atoms with Crippen LogP contribution in [0.2, 0.25) is 5.15 Å². The highest BCUT2D eigenvalue weighted by atomic mass is 35.5. The summed E-state index contributed by atoms with van der Waals surface area (Å²) >= 11 is 6.31. The molecule has 0 atom stereocenters. The Bertz CT molecular complexity index is 791. The molecule has 0 saturated heterocycles. The van der Waals surface area contributed by atoms with Gasteiger partial charge in [-0.15, -0.1) is 0 Å². The molecule has 1 aromatic heterocycles. The van der Waals surface area contributed by atoms with Crippen LogP contribution in [0.25, 0.3) is 22.3 Å².